The van der Waals surface area contributed by atoms with E-state index in [0.717, 1.165) is 44.6 Å². The molecule has 2 rings (SSSR count). The molecule has 0 aromatic heterocycles. The molecule has 1 N–H and O–H groups in total. The number of carbonyl (C=O) groups excluding carboxylic acids is 2. The summed E-state index contributed by atoms with van der Waals surface area (Å²) in [5.41, 5.74) is 1.05. The van der Waals surface area contributed by atoms with Crippen LogP contribution in [0.4, 0.5) is 4.79 Å². The summed E-state index contributed by atoms with van der Waals surface area (Å²) in [7, 11) is 0. The Morgan fingerprint density at radius 3 is 2.65 bits per heavy atom. The van der Waals surface area contributed by atoms with Crippen molar-refractivity contribution < 1.29 is 14.3 Å². The molecule has 0 aromatic rings. The van der Waals surface area contributed by atoms with Crippen LogP contribution in [0.1, 0.15) is 40.0 Å². The van der Waals surface area contributed by atoms with Crippen LogP contribution in [0.5, 0.6) is 0 Å². The van der Waals surface area contributed by atoms with Crippen LogP contribution in [0.3, 0.4) is 0 Å². The first-order chi connectivity index (χ1) is 12.5. The van der Waals surface area contributed by atoms with E-state index in [4.69, 9.17) is 4.74 Å². The summed E-state index contributed by atoms with van der Waals surface area (Å²) < 4.78 is 5.01. The van der Waals surface area contributed by atoms with Crippen molar-refractivity contribution in [1.29, 1.82) is 0 Å². The molecule has 0 spiro atoms. The van der Waals surface area contributed by atoms with Gasteiger partial charge in [-0.3, -0.25) is 9.69 Å². The molecular formula is C20H31N3O3. The number of amides is 2. The Hall–Kier alpha value is -2.24. The van der Waals surface area contributed by atoms with Crippen LogP contribution >= 0.6 is 0 Å². The number of piperidine rings is 1. The molecule has 1 saturated heterocycles. The summed E-state index contributed by atoms with van der Waals surface area (Å²) in [5, 5.41) is 3.06. The molecule has 2 heterocycles. The smallest absolute Gasteiger partial charge is 0.417 e. The maximum Gasteiger partial charge on any atom is 0.417 e. The molecule has 0 aliphatic carbocycles. The van der Waals surface area contributed by atoms with E-state index in [1.165, 1.54) is 4.90 Å². The molecule has 26 heavy (non-hydrogen) atoms. The highest BCUT2D eigenvalue weighted by Gasteiger charge is 2.25. The average Bonchev–Trinajstić information content (AvgIpc) is 2.88. The molecule has 2 aliphatic heterocycles. The van der Waals surface area contributed by atoms with Gasteiger partial charge in [0.2, 0.25) is 5.91 Å². The van der Waals surface area contributed by atoms with Gasteiger partial charge in [-0.2, -0.15) is 0 Å². The third kappa shape index (κ3) is 5.93. The van der Waals surface area contributed by atoms with E-state index in [-0.39, 0.29) is 17.9 Å². The maximum absolute atomic E-state index is 12.3. The van der Waals surface area contributed by atoms with Crippen LogP contribution in [0, 0.1) is 11.8 Å². The van der Waals surface area contributed by atoms with Crippen molar-refractivity contribution in [3.05, 3.63) is 36.3 Å². The molecule has 2 aliphatic rings. The van der Waals surface area contributed by atoms with Gasteiger partial charge in [0.1, 0.15) is 0 Å². The predicted molar refractivity (Wildman–Crippen MR) is 102 cm³/mol. The molecule has 0 aromatic carbocycles. The highest BCUT2D eigenvalue weighted by Crippen LogP contribution is 2.22. The number of nitrogens with zero attached hydrogens (tertiary/aromatic N) is 2. The Labute approximate surface area is 156 Å². The first kappa shape index (κ1) is 20.1. The van der Waals surface area contributed by atoms with E-state index < -0.39 is 0 Å². The number of likely N-dealkylation sites (tertiary alicyclic amines) is 1. The normalized spacial score (nSPS) is 17.9. The van der Waals surface area contributed by atoms with Crippen LogP contribution in [0.25, 0.3) is 0 Å². The molecule has 6 nitrogen and oxygen atoms in total. The van der Waals surface area contributed by atoms with E-state index in [0.29, 0.717) is 12.5 Å². The summed E-state index contributed by atoms with van der Waals surface area (Å²) in [6.45, 7) is 8.91. The SMILES string of the molecule is CCOC(=O)N1C=CC=C(N2CCC(C(=O)NCCC(C)C)CC2)C=C1. The number of hydrogen-bond acceptors (Lipinski definition) is 4. The van der Waals surface area contributed by atoms with Gasteiger partial charge < -0.3 is 15.0 Å². The van der Waals surface area contributed by atoms with Crippen molar-refractivity contribution >= 4 is 12.0 Å². The minimum atomic E-state index is -0.383. The fourth-order valence-electron chi connectivity index (χ4n) is 3.06. The lowest BCUT2D eigenvalue weighted by molar-refractivity contribution is -0.126. The van der Waals surface area contributed by atoms with Crippen LogP contribution in [0.15, 0.2) is 36.3 Å². The van der Waals surface area contributed by atoms with E-state index >= 15 is 0 Å². The van der Waals surface area contributed by atoms with Crippen LogP contribution in [-0.2, 0) is 9.53 Å². The number of nitrogens with one attached hydrogen (secondary N) is 1. The zero-order chi connectivity index (χ0) is 18.9. The number of allylic oxidation sites excluding steroid dienone is 3. The third-order valence-electron chi connectivity index (χ3n) is 4.65. The largest absolute Gasteiger partial charge is 0.449 e. The van der Waals surface area contributed by atoms with E-state index in [9.17, 15) is 9.59 Å². The zero-order valence-corrected chi connectivity index (χ0v) is 16.1. The second-order valence-electron chi connectivity index (χ2n) is 7.09. The van der Waals surface area contributed by atoms with Crippen molar-refractivity contribution in [2.75, 3.05) is 26.2 Å². The minimum Gasteiger partial charge on any atom is -0.449 e. The van der Waals surface area contributed by atoms with Gasteiger partial charge >= 0.3 is 6.09 Å². The molecule has 2 amide bonds. The number of carbonyl (C=O) groups is 2. The number of ether oxygens (including phenoxy) is 1. The number of hydrogen-bond donors (Lipinski definition) is 1. The predicted octanol–water partition coefficient (Wildman–Crippen LogP) is 3.24. The Morgan fingerprint density at radius 1 is 1.27 bits per heavy atom. The maximum atomic E-state index is 12.3. The lowest BCUT2D eigenvalue weighted by Crippen LogP contribution is -2.40. The Kier molecular flexibility index (Phi) is 7.75. The van der Waals surface area contributed by atoms with Crippen molar-refractivity contribution in [3.8, 4) is 0 Å². The monoisotopic (exact) mass is 361 g/mol. The van der Waals surface area contributed by atoms with Crippen molar-refractivity contribution in [2.24, 2.45) is 11.8 Å². The van der Waals surface area contributed by atoms with Crippen LogP contribution in [0.2, 0.25) is 0 Å². The molecule has 0 bridgehead atoms. The second-order valence-corrected chi connectivity index (χ2v) is 7.09. The first-order valence-electron chi connectivity index (χ1n) is 9.55. The molecular weight excluding hydrogens is 330 g/mol. The Balaban J connectivity index is 1.81. The van der Waals surface area contributed by atoms with Gasteiger partial charge in [0, 0.05) is 43.6 Å². The fourth-order valence-corrected chi connectivity index (χ4v) is 3.06. The van der Waals surface area contributed by atoms with Gasteiger partial charge in [0.05, 0.1) is 6.61 Å². The van der Waals surface area contributed by atoms with Crippen LogP contribution < -0.4 is 5.32 Å². The molecule has 0 saturated carbocycles. The summed E-state index contributed by atoms with van der Waals surface area (Å²) in [4.78, 5) is 27.8. The van der Waals surface area contributed by atoms with Crippen molar-refractivity contribution in [1.82, 2.24) is 15.1 Å². The average molecular weight is 361 g/mol. The first-order valence-corrected chi connectivity index (χ1v) is 9.55. The van der Waals surface area contributed by atoms with Crippen molar-refractivity contribution in [3.63, 3.8) is 0 Å². The summed E-state index contributed by atoms with van der Waals surface area (Å²) in [6, 6.07) is 0. The second kappa shape index (κ2) is 10.0. The van der Waals surface area contributed by atoms with Gasteiger partial charge in [-0.15, -0.1) is 0 Å². The highest BCUT2D eigenvalue weighted by atomic mass is 16.5. The highest BCUT2D eigenvalue weighted by molar-refractivity contribution is 5.78. The lowest BCUT2D eigenvalue weighted by Gasteiger charge is -2.33. The Morgan fingerprint density at radius 2 is 2.00 bits per heavy atom. The molecule has 0 radical (unpaired) electrons. The standard InChI is InChI=1S/C20H31N3O3/c1-4-26-20(25)23-12-5-6-18(10-15-23)22-13-8-17(9-14-22)19(24)21-11-7-16(2)3/h5-6,10,12,15-17H,4,7-9,11,13-14H2,1-3H3,(H,21,24). The topological polar surface area (TPSA) is 61.9 Å². The van der Waals surface area contributed by atoms with Gasteiger partial charge in [0.15, 0.2) is 0 Å². The van der Waals surface area contributed by atoms with Crippen LogP contribution in [-0.4, -0.2) is 48.0 Å². The van der Waals surface area contributed by atoms with E-state index in [2.05, 4.69) is 24.1 Å². The van der Waals surface area contributed by atoms with Gasteiger partial charge in [-0.1, -0.05) is 13.8 Å². The summed E-state index contributed by atoms with van der Waals surface area (Å²) >= 11 is 0. The summed E-state index contributed by atoms with van der Waals surface area (Å²) in [5.74, 6) is 0.887. The Bertz CT molecular complexity index is 573. The van der Waals surface area contributed by atoms with Crippen molar-refractivity contribution in [2.45, 2.75) is 40.0 Å². The van der Waals surface area contributed by atoms with E-state index in [1.807, 2.05) is 18.2 Å². The molecule has 0 atom stereocenters. The summed E-state index contributed by atoms with van der Waals surface area (Å²) in [6.07, 6.45) is 11.5. The van der Waals surface area contributed by atoms with Gasteiger partial charge in [0.25, 0.3) is 0 Å². The minimum absolute atomic E-state index is 0.0975. The molecule has 0 unspecified atom stereocenters. The van der Waals surface area contributed by atoms with Gasteiger partial charge in [-0.25, -0.2) is 4.79 Å². The third-order valence-corrected chi connectivity index (χ3v) is 4.65. The molecule has 6 heteroatoms. The van der Waals surface area contributed by atoms with E-state index in [1.54, 1.807) is 19.3 Å². The van der Waals surface area contributed by atoms with Gasteiger partial charge in [-0.05, 0) is 50.3 Å². The molecule has 1 fully saturated rings. The fraction of sp³-hybridized carbons (Fsp3) is 0.600. The lowest BCUT2D eigenvalue weighted by atomic mass is 9.95. The zero-order valence-electron chi connectivity index (χ0n) is 16.1. The quantitative estimate of drug-likeness (QED) is 0.789. The molecule has 144 valence electrons. The number of rotatable bonds is 6.